The Balaban J connectivity index is 2.13. The first-order valence-corrected chi connectivity index (χ1v) is 9.32. The third-order valence-electron chi connectivity index (χ3n) is 7.44. The zero-order valence-electron chi connectivity index (χ0n) is 15.7. The SMILES string of the molecule is C#CC1=C(C(=O)OC)C2C(O)CC3C(C)(C)CCCC3(C)C2CC1O. The van der Waals surface area contributed by atoms with Crippen molar-refractivity contribution in [3.8, 4) is 12.3 Å². The van der Waals surface area contributed by atoms with Crippen LogP contribution in [0.15, 0.2) is 11.1 Å². The van der Waals surface area contributed by atoms with Crippen LogP contribution in [0.4, 0.5) is 0 Å². The molecular formula is C21H30O4. The van der Waals surface area contributed by atoms with Crippen LogP contribution in [-0.2, 0) is 9.53 Å². The topological polar surface area (TPSA) is 66.8 Å². The minimum absolute atomic E-state index is 0.0218. The lowest BCUT2D eigenvalue weighted by Crippen LogP contribution is -2.58. The summed E-state index contributed by atoms with van der Waals surface area (Å²) in [5, 5.41) is 21.7. The van der Waals surface area contributed by atoms with Gasteiger partial charge in [0.1, 0.15) is 0 Å². The van der Waals surface area contributed by atoms with E-state index in [1.54, 1.807) is 0 Å². The van der Waals surface area contributed by atoms with E-state index in [1.165, 1.54) is 7.11 Å². The van der Waals surface area contributed by atoms with Gasteiger partial charge in [-0.2, -0.15) is 0 Å². The van der Waals surface area contributed by atoms with Crippen LogP contribution in [-0.4, -0.2) is 35.5 Å². The molecule has 0 spiro atoms. The monoisotopic (exact) mass is 346 g/mol. The Bertz CT molecular complexity index is 641. The van der Waals surface area contributed by atoms with Crippen LogP contribution in [0.3, 0.4) is 0 Å². The molecule has 0 aromatic carbocycles. The number of aliphatic hydroxyl groups excluding tert-OH is 2. The molecule has 4 nitrogen and oxygen atoms in total. The maximum absolute atomic E-state index is 12.5. The minimum atomic E-state index is -0.840. The second-order valence-electron chi connectivity index (χ2n) is 9.05. The smallest absolute Gasteiger partial charge is 0.335 e. The quantitative estimate of drug-likeness (QED) is 0.566. The number of ether oxygens (including phenoxy) is 1. The van der Waals surface area contributed by atoms with Crippen molar-refractivity contribution in [1.82, 2.24) is 0 Å². The fraction of sp³-hybridized carbons (Fsp3) is 0.762. The molecule has 3 aliphatic carbocycles. The average Bonchev–Trinajstić information content (AvgIpc) is 2.55. The Morgan fingerprint density at radius 1 is 1.24 bits per heavy atom. The number of hydrogen-bond donors (Lipinski definition) is 2. The van der Waals surface area contributed by atoms with Crippen molar-refractivity contribution >= 4 is 5.97 Å². The highest BCUT2D eigenvalue weighted by Gasteiger charge is 2.60. The van der Waals surface area contributed by atoms with E-state index in [4.69, 9.17) is 11.2 Å². The summed E-state index contributed by atoms with van der Waals surface area (Å²) in [6.45, 7) is 6.85. The van der Waals surface area contributed by atoms with Crippen molar-refractivity contribution in [2.24, 2.45) is 28.6 Å². The van der Waals surface area contributed by atoms with Crippen LogP contribution in [0, 0.1) is 40.9 Å². The Morgan fingerprint density at radius 2 is 1.92 bits per heavy atom. The van der Waals surface area contributed by atoms with E-state index in [2.05, 4.69) is 26.7 Å². The van der Waals surface area contributed by atoms with Crippen molar-refractivity contribution in [3.05, 3.63) is 11.1 Å². The first-order chi connectivity index (χ1) is 11.7. The van der Waals surface area contributed by atoms with Gasteiger partial charge < -0.3 is 14.9 Å². The molecule has 3 rings (SSSR count). The van der Waals surface area contributed by atoms with E-state index in [1.807, 2.05) is 0 Å². The molecule has 0 heterocycles. The summed E-state index contributed by atoms with van der Waals surface area (Å²) in [7, 11) is 1.32. The van der Waals surface area contributed by atoms with Crippen LogP contribution in [0.2, 0.25) is 0 Å². The van der Waals surface area contributed by atoms with Gasteiger partial charge in [0.2, 0.25) is 0 Å². The van der Waals surface area contributed by atoms with E-state index < -0.39 is 18.2 Å². The summed E-state index contributed by atoms with van der Waals surface area (Å²) in [5.41, 5.74) is 0.742. The number of carbonyl (C=O) groups is 1. The van der Waals surface area contributed by atoms with E-state index in [-0.39, 0.29) is 22.7 Å². The molecule has 2 N–H and O–H groups in total. The van der Waals surface area contributed by atoms with E-state index in [0.29, 0.717) is 29.9 Å². The van der Waals surface area contributed by atoms with Gasteiger partial charge in [0.05, 0.1) is 24.9 Å². The highest BCUT2D eigenvalue weighted by molar-refractivity contribution is 5.91. The molecule has 2 fully saturated rings. The molecular weight excluding hydrogens is 316 g/mol. The van der Waals surface area contributed by atoms with E-state index in [0.717, 1.165) is 19.3 Å². The summed E-state index contributed by atoms with van der Waals surface area (Å²) >= 11 is 0. The molecule has 4 heteroatoms. The highest BCUT2D eigenvalue weighted by Crippen LogP contribution is 2.64. The number of terminal acetylenes is 1. The van der Waals surface area contributed by atoms with Gasteiger partial charge in [-0.25, -0.2) is 4.79 Å². The highest BCUT2D eigenvalue weighted by atomic mass is 16.5. The molecule has 6 unspecified atom stereocenters. The molecule has 138 valence electrons. The summed E-state index contributed by atoms with van der Waals surface area (Å²) in [5.74, 6) is 2.02. The standard InChI is InChI=1S/C21H30O4/c1-6-12-14(22)10-13-18(17(12)19(24)25-5)15(23)11-16-20(2,3)8-7-9-21(13,16)4/h1,13-16,18,22-23H,7-11H2,2-5H3. The predicted octanol–water partition coefficient (Wildman–Crippen LogP) is 2.68. The third-order valence-corrected chi connectivity index (χ3v) is 7.44. The van der Waals surface area contributed by atoms with Gasteiger partial charge in [0.15, 0.2) is 0 Å². The lowest BCUT2D eigenvalue weighted by Gasteiger charge is -2.62. The lowest BCUT2D eigenvalue weighted by atomic mass is 9.43. The zero-order valence-corrected chi connectivity index (χ0v) is 15.7. The number of carbonyl (C=O) groups excluding carboxylic acids is 1. The predicted molar refractivity (Wildman–Crippen MR) is 95.3 cm³/mol. The second-order valence-corrected chi connectivity index (χ2v) is 9.05. The number of hydrogen-bond acceptors (Lipinski definition) is 4. The van der Waals surface area contributed by atoms with Gasteiger partial charge in [-0.3, -0.25) is 0 Å². The van der Waals surface area contributed by atoms with Crippen molar-refractivity contribution in [1.29, 1.82) is 0 Å². The van der Waals surface area contributed by atoms with Crippen molar-refractivity contribution < 1.29 is 19.7 Å². The number of aliphatic hydroxyl groups is 2. The fourth-order valence-electron chi connectivity index (χ4n) is 6.32. The molecule has 0 bridgehead atoms. The van der Waals surface area contributed by atoms with Crippen molar-refractivity contribution in [3.63, 3.8) is 0 Å². The Kier molecular flexibility index (Phi) is 4.54. The largest absolute Gasteiger partial charge is 0.466 e. The molecule has 0 aromatic rings. The average molecular weight is 346 g/mol. The maximum atomic E-state index is 12.5. The molecule has 0 radical (unpaired) electrons. The van der Waals surface area contributed by atoms with Gasteiger partial charge in [-0.1, -0.05) is 33.1 Å². The molecule has 0 saturated heterocycles. The first kappa shape index (κ1) is 18.5. The Labute approximate surface area is 150 Å². The maximum Gasteiger partial charge on any atom is 0.335 e. The summed E-state index contributed by atoms with van der Waals surface area (Å²) in [6.07, 6.45) is 8.63. The third kappa shape index (κ3) is 2.64. The lowest BCUT2D eigenvalue weighted by molar-refractivity contribution is -0.156. The number of methoxy groups -OCH3 is 1. The number of fused-ring (bicyclic) bond motifs is 3. The first-order valence-electron chi connectivity index (χ1n) is 9.32. The van der Waals surface area contributed by atoms with E-state index >= 15 is 0 Å². The van der Waals surface area contributed by atoms with Crippen LogP contribution < -0.4 is 0 Å². The van der Waals surface area contributed by atoms with Gasteiger partial charge in [0.25, 0.3) is 0 Å². The Morgan fingerprint density at radius 3 is 2.52 bits per heavy atom. The van der Waals surface area contributed by atoms with Crippen molar-refractivity contribution in [2.75, 3.05) is 7.11 Å². The zero-order chi connectivity index (χ0) is 18.6. The molecule has 0 aliphatic heterocycles. The van der Waals surface area contributed by atoms with Crippen LogP contribution in [0.5, 0.6) is 0 Å². The summed E-state index contributed by atoms with van der Waals surface area (Å²) in [6, 6.07) is 0. The molecule has 6 atom stereocenters. The van der Waals surface area contributed by atoms with Gasteiger partial charge in [-0.15, -0.1) is 6.42 Å². The summed E-state index contributed by atoms with van der Waals surface area (Å²) in [4.78, 5) is 12.5. The summed E-state index contributed by atoms with van der Waals surface area (Å²) < 4.78 is 4.96. The van der Waals surface area contributed by atoms with Crippen molar-refractivity contribution in [2.45, 2.75) is 65.1 Å². The van der Waals surface area contributed by atoms with Crippen LogP contribution in [0.25, 0.3) is 0 Å². The molecule has 0 amide bonds. The van der Waals surface area contributed by atoms with Crippen LogP contribution >= 0.6 is 0 Å². The fourth-order valence-corrected chi connectivity index (χ4v) is 6.32. The number of rotatable bonds is 1. The van der Waals surface area contributed by atoms with Gasteiger partial charge in [-0.05, 0) is 48.3 Å². The molecule has 2 saturated carbocycles. The van der Waals surface area contributed by atoms with Gasteiger partial charge in [0, 0.05) is 11.5 Å². The molecule has 25 heavy (non-hydrogen) atoms. The number of esters is 1. The minimum Gasteiger partial charge on any atom is -0.466 e. The van der Waals surface area contributed by atoms with Crippen LogP contribution in [0.1, 0.15) is 52.9 Å². The Hall–Kier alpha value is -1.31. The molecule has 0 aromatic heterocycles. The second kappa shape index (κ2) is 6.14. The normalized spacial score (nSPS) is 42.8. The van der Waals surface area contributed by atoms with E-state index in [9.17, 15) is 15.0 Å². The molecule has 3 aliphatic rings. The van der Waals surface area contributed by atoms with Gasteiger partial charge >= 0.3 is 5.97 Å².